The molecule has 0 saturated heterocycles. The normalized spacial score (nSPS) is 11.3. The molecule has 2 aromatic heterocycles. The number of esters is 3. The Morgan fingerprint density at radius 2 is 1.16 bits per heavy atom. The first-order valence-electron chi connectivity index (χ1n) is 18.0. The smallest absolute Gasteiger partial charge is 1.00 e. The first-order chi connectivity index (χ1) is 27.8. The molecule has 61 heavy (non-hydrogen) atoms. The first kappa shape index (κ1) is 58.4. The number of carbonyl (C=O) groups excluding carboxylic acids is 4. The van der Waals surface area contributed by atoms with E-state index in [-0.39, 0.29) is 123 Å². The summed E-state index contributed by atoms with van der Waals surface area (Å²) < 4.78 is 24.7. The summed E-state index contributed by atoms with van der Waals surface area (Å²) >= 11 is 3.13. The molecule has 320 valence electrons. The van der Waals surface area contributed by atoms with Crippen LogP contribution < -0.4 is 123 Å². The summed E-state index contributed by atoms with van der Waals surface area (Å²) in [6.07, 6.45) is 7.98. The van der Waals surface area contributed by atoms with Crippen LogP contribution in [0.25, 0.3) is 21.5 Å². The molecule has 2 N–H and O–H groups in total. The second-order valence-corrected chi connectivity index (χ2v) is 16.0. The Labute approximate surface area is 451 Å². The van der Waals surface area contributed by atoms with Crippen LogP contribution in [0.2, 0.25) is 0 Å². The van der Waals surface area contributed by atoms with Crippen LogP contribution in [0.5, 0.6) is 17.2 Å². The Kier molecular flexibility index (Phi) is 27.8. The van der Waals surface area contributed by atoms with Gasteiger partial charge < -0.3 is 45.7 Å². The van der Waals surface area contributed by atoms with Crippen molar-refractivity contribution in [2.75, 3.05) is 27.9 Å². The average molecular weight is 961 g/mol. The largest absolute Gasteiger partial charge is 1.00 e. The van der Waals surface area contributed by atoms with E-state index in [1.165, 1.54) is 32.5 Å². The number of carbonyl (C=O) groups is 4. The van der Waals surface area contributed by atoms with Crippen LogP contribution in [0.1, 0.15) is 54.1 Å². The Balaban J connectivity index is 0. The van der Waals surface area contributed by atoms with Crippen molar-refractivity contribution in [1.29, 1.82) is 0 Å². The fourth-order valence-electron chi connectivity index (χ4n) is 5.12. The van der Waals surface area contributed by atoms with Gasteiger partial charge in [0.25, 0.3) is 6.47 Å². The number of ether oxygens (including phenoxy) is 5. The topological polar surface area (TPSA) is 205 Å². The van der Waals surface area contributed by atoms with Crippen molar-refractivity contribution in [2.24, 2.45) is 0 Å². The Morgan fingerprint density at radius 3 is 1.62 bits per heavy atom. The predicted octanol–water partition coefficient (Wildman–Crippen LogP) is 0.0564. The minimum atomic E-state index is -1.00. The molecule has 0 fully saturated rings. The van der Waals surface area contributed by atoms with E-state index < -0.39 is 21.5 Å². The van der Waals surface area contributed by atoms with E-state index in [1.807, 2.05) is 54.6 Å². The standard InChI is InChI=1S/C14H19NO3.C14H15NO3.C9H7NO.C5H9BrO2.CH2O3.2K.H/c2*1-14(2,13(16)17-3)18-12-5-4-11-9-15-7-6-10(11)8-12;11-9-2-1-8-6-10-4-3-7(8)5-9;1-5(2,6)4(7)8-3;2-1-4-3;;;/h4-5,8,15H,6-7,9H2,1-3H3;4-9H,1-3H3;1-6,11H;1-3H3;1,3H;;;/q;;;;;2*+1;-1/p-1. The Hall–Kier alpha value is -2.57. The molecule has 0 radical (unpaired) electrons. The number of phenolic OH excluding ortho intramolecular Hbond substituents is 1. The van der Waals surface area contributed by atoms with Gasteiger partial charge in [0, 0.05) is 42.1 Å². The van der Waals surface area contributed by atoms with Gasteiger partial charge in [0.05, 0.1) is 21.3 Å². The zero-order chi connectivity index (χ0) is 44.2. The molecule has 5 aromatic rings. The molecule has 0 atom stereocenters. The van der Waals surface area contributed by atoms with Gasteiger partial charge in [-0.15, -0.1) is 0 Å². The van der Waals surface area contributed by atoms with Crippen LogP contribution in [-0.4, -0.2) is 82.9 Å². The molecular weight excluding hydrogens is 909 g/mol. The second kappa shape index (κ2) is 29.0. The van der Waals surface area contributed by atoms with E-state index in [4.69, 9.17) is 34.1 Å². The number of halogens is 1. The summed E-state index contributed by atoms with van der Waals surface area (Å²) in [6.45, 7) is 11.9. The van der Waals surface area contributed by atoms with E-state index >= 15 is 0 Å². The predicted molar refractivity (Wildman–Crippen MR) is 224 cm³/mol. The van der Waals surface area contributed by atoms with E-state index in [0.717, 1.165) is 41.1 Å². The van der Waals surface area contributed by atoms with Crippen LogP contribution >= 0.6 is 15.9 Å². The quantitative estimate of drug-likeness (QED) is 0.0402. The monoisotopic (exact) mass is 959 g/mol. The fraction of sp³-hybridized carbons (Fsp3) is 0.349. The van der Waals surface area contributed by atoms with Crippen LogP contribution in [0.3, 0.4) is 0 Å². The number of hydrogen-bond donors (Lipinski definition) is 2. The number of nitrogens with one attached hydrogen (secondary N) is 1. The molecule has 1 aliphatic heterocycles. The number of pyridine rings is 2. The molecule has 0 aliphatic carbocycles. The van der Waals surface area contributed by atoms with Crippen LogP contribution in [-0.2, 0) is 51.2 Å². The van der Waals surface area contributed by atoms with E-state index in [9.17, 15) is 14.4 Å². The van der Waals surface area contributed by atoms with Crippen molar-refractivity contribution in [3.05, 3.63) is 103 Å². The third kappa shape index (κ3) is 20.7. The van der Waals surface area contributed by atoms with Crippen LogP contribution in [0.15, 0.2) is 91.5 Å². The molecule has 3 heterocycles. The average Bonchev–Trinajstić information content (AvgIpc) is 3.22. The summed E-state index contributed by atoms with van der Waals surface area (Å²) in [5.41, 5.74) is 0.613. The van der Waals surface area contributed by atoms with Crippen LogP contribution in [0.4, 0.5) is 0 Å². The summed E-state index contributed by atoms with van der Waals surface area (Å²) in [7, 11) is 4.08. The number of aromatic hydroxyl groups is 1. The summed E-state index contributed by atoms with van der Waals surface area (Å²) in [4.78, 5) is 52.9. The van der Waals surface area contributed by atoms with Crippen molar-refractivity contribution >= 4 is 61.9 Å². The zero-order valence-electron chi connectivity index (χ0n) is 37.6. The van der Waals surface area contributed by atoms with Gasteiger partial charge >= 0.3 is 121 Å². The fourth-order valence-corrected chi connectivity index (χ4v) is 5.28. The first-order valence-corrected chi connectivity index (χ1v) is 18.8. The molecule has 0 amide bonds. The molecule has 0 saturated carbocycles. The van der Waals surface area contributed by atoms with Gasteiger partial charge in [-0.3, -0.25) is 19.6 Å². The van der Waals surface area contributed by atoms with Crippen LogP contribution in [0, 0.1) is 0 Å². The van der Waals surface area contributed by atoms with E-state index in [1.54, 1.807) is 78.5 Å². The van der Waals surface area contributed by atoms with Gasteiger partial charge in [-0.2, -0.15) is 0 Å². The maximum atomic E-state index is 11.6. The summed E-state index contributed by atoms with van der Waals surface area (Å²) in [5, 5.41) is 25.0. The summed E-state index contributed by atoms with van der Waals surface area (Å²) in [6, 6.07) is 20.5. The molecule has 15 nitrogen and oxygen atoms in total. The maximum absolute atomic E-state index is 11.6. The second-order valence-electron chi connectivity index (χ2n) is 14.0. The molecule has 6 rings (SSSR count). The third-order valence-electron chi connectivity index (χ3n) is 8.11. The number of alkyl halides is 1. The molecule has 0 bridgehead atoms. The number of benzene rings is 3. The Bertz CT molecular complexity index is 2160. The summed E-state index contributed by atoms with van der Waals surface area (Å²) in [5.74, 6) is 0.607. The van der Waals surface area contributed by atoms with Crippen molar-refractivity contribution in [3.63, 3.8) is 0 Å². The molecular formula is C43H52BrK2N3O12. The minimum Gasteiger partial charge on any atom is -1.00 e. The van der Waals surface area contributed by atoms with Crippen molar-refractivity contribution in [2.45, 2.75) is 70.0 Å². The number of fused-ring (bicyclic) bond motifs is 3. The van der Waals surface area contributed by atoms with Gasteiger partial charge in [0.1, 0.15) is 21.6 Å². The SMILES string of the molecule is COC(=O)C(C)(C)Br.COC(=O)C(C)(C)Oc1ccc2c(c1)CCNC2.COC(=O)C(C)(C)Oc1ccc2cnccc2c1.O=CO[O-].Oc1ccc2cnccc2c1.[H-].[K+].[K+]. The van der Waals surface area contributed by atoms with E-state index in [0.29, 0.717) is 17.2 Å². The van der Waals surface area contributed by atoms with Gasteiger partial charge in [-0.1, -0.05) is 22.0 Å². The third-order valence-corrected chi connectivity index (χ3v) is 8.43. The molecule has 0 unspecified atom stereocenters. The number of phenols is 1. The van der Waals surface area contributed by atoms with E-state index in [2.05, 4.69) is 40.8 Å². The van der Waals surface area contributed by atoms with Crippen molar-refractivity contribution in [1.82, 2.24) is 15.3 Å². The number of nitrogens with zero attached hydrogens (tertiary/aromatic N) is 2. The number of rotatable bonds is 8. The molecule has 0 spiro atoms. The molecule has 1 aliphatic rings. The van der Waals surface area contributed by atoms with Crippen molar-refractivity contribution in [3.8, 4) is 17.2 Å². The van der Waals surface area contributed by atoms with Gasteiger partial charge in [-0.25, -0.2) is 9.59 Å². The van der Waals surface area contributed by atoms with Gasteiger partial charge in [-0.05, 0) is 137 Å². The number of methoxy groups -OCH3 is 3. The molecule has 3 aromatic carbocycles. The minimum absolute atomic E-state index is 0. The Morgan fingerprint density at radius 1 is 0.705 bits per heavy atom. The maximum Gasteiger partial charge on any atom is 1.00 e. The number of aromatic nitrogens is 2. The van der Waals surface area contributed by atoms with Gasteiger partial charge in [0.2, 0.25) is 0 Å². The van der Waals surface area contributed by atoms with Crippen molar-refractivity contribution < 1.29 is 162 Å². The van der Waals surface area contributed by atoms with Gasteiger partial charge in [0.15, 0.2) is 11.2 Å². The zero-order valence-corrected chi connectivity index (χ0v) is 44.4. The number of hydrogen-bond acceptors (Lipinski definition) is 15. The molecule has 18 heteroatoms.